The third kappa shape index (κ3) is 4.74. The Balaban J connectivity index is 1.21. The maximum atomic E-state index is 5.26. The highest BCUT2D eigenvalue weighted by Crippen LogP contribution is 2.50. The number of hydrogen-bond donors (Lipinski definition) is 0. The minimum atomic E-state index is -0.0197. The van der Waals surface area contributed by atoms with Crippen molar-refractivity contribution in [3.05, 3.63) is 187 Å². The van der Waals surface area contributed by atoms with Crippen molar-refractivity contribution in [3.8, 4) is 61.8 Å². The van der Waals surface area contributed by atoms with Gasteiger partial charge in [-0.25, -0.2) is 9.97 Å². The molecule has 0 radical (unpaired) electrons. The summed E-state index contributed by atoms with van der Waals surface area (Å²) < 4.78 is 2.38. The van der Waals surface area contributed by atoms with Crippen molar-refractivity contribution in [3.63, 3.8) is 0 Å². The van der Waals surface area contributed by atoms with Gasteiger partial charge in [0.1, 0.15) is 0 Å². The van der Waals surface area contributed by atoms with Gasteiger partial charge in [0.15, 0.2) is 5.82 Å². The minimum Gasteiger partial charge on any atom is -0.308 e. The number of benzene rings is 7. The summed E-state index contributed by atoms with van der Waals surface area (Å²) in [7, 11) is 0. The van der Waals surface area contributed by atoms with E-state index in [0.29, 0.717) is 5.82 Å². The van der Waals surface area contributed by atoms with Gasteiger partial charge in [-0.2, -0.15) is 0 Å². The van der Waals surface area contributed by atoms with E-state index in [4.69, 9.17) is 9.97 Å². The van der Waals surface area contributed by atoms with Crippen molar-refractivity contribution in [2.24, 2.45) is 0 Å². The Morgan fingerprint density at radius 3 is 1.71 bits per heavy atom. The lowest BCUT2D eigenvalue weighted by atomic mass is 9.82. The molecule has 0 spiro atoms. The summed E-state index contributed by atoms with van der Waals surface area (Å²) in [4.78, 5) is 10.5. The lowest BCUT2D eigenvalue weighted by Gasteiger charge is -2.21. The lowest BCUT2D eigenvalue weighted by molar-refractivity contribution is 0.660. The number of aromatic nitrogens is 3. The van der Waals surface area contributed by atoms with Crippen LogP contribution in [0, 0.1) is 0 Å². The van der Waals surface area contributed by atoms with Crippen LogP contribution in [-0.4, -0.2) is 14.5 Å². The van der Waals surface area contributed by atoms with E-state index < -0.39 is 0 Å². The number of rotatable bonds is 5. The largest absolute Gasteiger partial charge is 0.308 e. The zero-order valence-corrected chi connectivity index (χ0v) is 29.1. The van der Waals surface area contributed by atoms with Gasteiger partial charge in [-0.1, -0.05) is 147 Å². The molecule has 1 aliphatic rings. The third-order valence-electron chi connectivity index (χ3n) is 10.8. The molecule has 0 unspecified atom stereocenters. The Morgan fingerprint density at radius 2 is 1.00 bits per heavy atom. The molecule has 3 heteroatoms. The standard InChI is InChI=1S/C49H35N3/c1-49(2)42-24-13-12-21-37(42)40-29-34(25-27-43(40)49)35-26-28-46-41(30-35)38-22-14-23-39(47(38)52(46)36-19-10-5-11-20-36)48-50-44(32-15-6-3-7-16-32)31-45(51-48)33-17-8-4-9-18-33/h3-31H,1-2H3. The summed E-state index contributed by atoms with van der Waals surface area (Å²) >= 11 is 0. The van der Waals surface area contributed by atoms with Crippen LogP contribution < -0.4 is 0 Å². The molecule has 246 valence electrons. The van der Waals surface area contributed by atoms with E-state index in [1.54, 1.807) is 0 Å². The summed E-state index contributed by atoms with van der Waals surface area (Å²) in [5, 5.41) is 2.36. The molecule has 0 atom stereocenters. The second-order valence-electron chi connectivity index (χ2n) is 14.2. The minimum absolute atomic E-state index is 0.0197. The monoisotopic (exact) mass is 665 g/mol. The number of hydrogen-bond acceptors (Lipinski definition) is 2. The first-order valence-corrected chi connectivity index (χ1v) is 17.9. The van der Waals surface area contributed by atoms with Crippen molar-refractivity contribution >= 4 is 21.8 Å². The van der Waals surface area contributed by atoms with Crippen LogP contribution in [0.1, 0.15) is 25.0 Å². The lowest BCUT2D eigenvalue weighted by Crippen LogP contribution is -2.14. The Morgan fingerprint density at radius 1 is 0.423 bits per heavy atom. The highest BCUT2D eigenvalue weighted by atomic mass is 15.0. The zero-order chi connectivity index (χ0) is 34.8. The van der Waals surface area contributed by atoms with Crippen molar-refractivity contribution in [2.45, 2.75) is 19.3 Å². The van der Waals surface area contributed by atoms with E-state index in [-0.39, 0.29) is 5.41 Å². The van der Waals surface area contributed by atoms with Gasteiger partial charge in [0, 0.05) is 38.6 Å². The van der Waals surface area contributed by atoms with Gasteiger partial charge < -0.3 is 4.57 Å². The average Bonchev–Trinajstić information content (AvgIpc) is 3.66. The summed E-state index contributed by atoms with van der Waals surface area (Å²) in [5.41, 5.74) is 16.1. The van der Waals surface area contributed by atoms with Crippen molar-refractivity contribution < 1.29 is 0 Å². The van der Waals surface area contributed by atoms with Gasteiger partial charge in [-0.3, -0.25) is 0 Å². The fourth-order valence-electron chi connectivity index (χ4n) is 8.26. The Hall–Kier alpha value is -6.58. The second-order valence-corrected chi connectivity index (χ2v) is 14.2. The third-order valence-corrected chi connectivity index (χ3v) is 10.8. The van der Waals surface area contributed by atoms with Crippen LogP contribution in [0.25, 0.3) is 83.6 Å². The topological polar surface area (TPSA) is 30.7 Å². The van der Waals surface area contributed by atoms with E-state index in [1.807, 2.05) is 12.1 Å². The first-order chi connectivity index (χ1) is 25.5. The fourth-order valence-corrected chi connectivity index (χ4v) is 8.26. The SMILES string of the molecule is CC1(C)c2ccccc2-c2cc(-c3ccc4c(c3)c3cccc(-c5nc(-c6ccccc6)cc(-c6ccccc6)n5)c3n4-c3ccccc3)ccc21. The Bertz CT molecular complexity index is 2740. The smallest absolute Gasteiger partial charge is 0.162 e. The zero-order valence-electron chi connectivity index (χ0n) is 29.1. The molecule has 0 amide bonds. The highest BCUT2D eigenvalue weighted by molar-refractivity contribution is 6.14. The molecule has 3 nitrogen and oxygen atoms in total. The average molecular weight is 666 g/mol. The van der Waals surface area contributed by atoms with E-state index in [9.17, 15) is 0 Å². The molecule has 0 aliphatic heterocycles. The molecule has 10 rings (SSSR count). The van der Waals surface area contributed by atoms with Gasteiger partial charge >= 0.3 is 0 Å². The second kappa shape index (κ2) is 11.8. The predicted octanol–water partition coefficient (Wildman–Crippen LogP) is 12.5. The molecule has 0 fully saturated rings. The number of para-hydroxylation sites is 2. The molecular weight excluding hydrogens is 631 g/mol. The molecule has 0 saturated heterocycles. The van der Waals surface area contributed by atoms with Crippen LogP contribution in [0.3, 0.4) is 0 Å². The summed E-state index contributed by atoms with van der Waals surface area (Å²) in [5.74, 6) is 0.700. The van der Waals surface area contributed by atoms with Gasteiger partial charge in [0.2, 0.25) is 0 Å². The van der Waals surface area contributed by atoms with Crippen LogP contribution in [0.5, 0.6) is 0 Å². The molecule has 2 aromatic heterocycles. The van der Waals surface area contributed by atoms with Crippen LogP contribution in [0.2, 0.25) is 0 Å². The van der Waals surface area contributed by atoms with Crippen LogP contribution in [0.4, 0.5) is 0 Å². The number of fused-ring (bicyclic) bond motifs is 6. The molecule has 9 aromatic rings. The van der Waals surface area contributed by atoms with Gasteiger partial charge in [0.05, 0.1) is 22.4 Å². The van der Waals surface area contributed by atoms with Crippen molar-refractivity contribution in [1.29, 1.82) is 0 Å². The van der Waals surface area contributed by atoms with Crippen molar-refractivity contribution in [1.82, 2.24) is 14.5 Å². The molecule has 1 aliphatic carbocycles. The first kappa shape index (κ1) is 30.3. The predicted molar refractivity (Wildman–Crippen MR) is 216 cm³/mol. The molecule has 2 heterocycles. The normalized spacial score (nSPS) is 13.0. The molecule has 0 bridgehead atoms. The quantitative estimate of drug-likeness (QED) is 0.183. The van der Waals surface area contributed by atoms with E-state index in [2.05, 4.69) is 182 Å². The number of nitrogens with zero attached hydrogens (tertiary/aromatic N) is 3. The Kier molecular flexibility index (Phi) is 6.84. The van der Waals surface area contributed by atoms with Crippen LogP contribution in [0.15, 0.2) is 176 Å². The molecule has 0 N–H and O–H groups in total. The first-order valence-electron chi connectivity index (χ1n) is 17.9. The molecular formula is C49H35N3. The summed E-state index contributed by atoms with van der Waals surface area (Å²) in [6, 6.07) is 62.9. The van der Waals surface area contributed by atoms with Crippen molar-refractivity contribution in [2.75, 3.05) is 0 Å². The molecule has 52 heavy (non-hydrogen) atoms. The van der Waals surface area contributed by atoms with Crippen LogP contribution in [-0.2, 0) is 5.41 Å². The molecule has 7 aromatic carbocycles. The Labute approximate surface area is 303 Å². The molecule has 0 saturated carbocycles. The maximum absolute atomic E-state index is 5.26. The van der Waals surface area contributed by atoms with E-state index >= 15 is 0 Å². The van der Waals surface area contributed by atoms with Crippen LogP contribution >= 0.6 is 0 Å². The van der Waals surface area contributed by atoms with E-state index in [0.717, 1.165) is 44.8 Å². The summed E-state index contributed by atoms with van der Waals surface area (Å²) in [6.45, 7) is 4.67. The van der Waals surface area contributed by atoms with Gasteiger partial charge in [-0.05, 0) is 75.8 Å². The summed E-state index contributed by atoms with van der Waals surface area (Å²) in [6.07, 6.45) is 0. The maximum Gasteiger partial charge on any atom is 0.162 e. The highest BCUT2D eigenvalue weighted by Gasteiger charge is 2.35. The van der Waals surface area contributed by atoms with Gasteiger partial charge in [0.25, 0.3) is 0 Å². The van der Waals surface area contributed by atoms with E-state index in [1.165, 1.54) is 44.2 Å². The fraction of sp³-hybridized carbons (Fsp3) is 0.0612. The van der Waals surface area contributed by atoms with Gasteiger partial charge in [-0.15, -0.1) is 0 Å².